The van der Waals surface area contributed by atoms with E-state index >= 15 is 0 Å². The van der Waals surface area contributed by atoms with Crippen molar-refractivity contribution in [3.8, 4) is 0 Å². The number of nitrogens with zero attached hydrogens (tertiary/aromatic N) is 1. The summed E-state index contributed by atoms with van der Waals surface area (Å²) in [6.45, 7) is 0.194. The highest BCUT2D eigenvalue weighted by atomic mass is 16.5. The molecule has 0 aliphatic carbocycles. The SMILES string of the molecule is CN=C(N)NCCC[C@@H]1NC(=O)C2(CCOCC2)NC(=O)[C@@H](Cc2ccccc2)NC(=O)[C@H](CC(=O)O)CC(=O)CNC1=O. The number of carbonyl (C=O) groups excluding carboxylic acids is 5. The fraction of sp³-hybridized carbons (Fsp3) is 0.552. The van der Waals surface area contributed by atoms with Crippen LogP contribution >= 0.6 is 0 Å². The molecule has 0 radical (unpaired) electrons. The number of ketones is 1. The Morgan fingerprint density at radius 2 is 1.75 bits per heavy atom. The number of guanidine groups is 1. The van der Waals surface area contributed by atoms with E-state index in [9.17, 15) is 33.9 Å². The second kappa shape index (κ2) is 16.4. The van der Waals surface area contributed by atoms with E-state index < -0.39 is 78.3 Å². The summed E-state index contributed by atoms with van der Waals surface area (Å²) in [5.41, 5.74) is 4.92. The summed E-state index contributed by atoms with van der Waals surface area (Å²) >= 11 is 0. The topological polar surface area (TPSA) is 230 Å². The number of hydrogen-bond donors (Lipinski definition) is 7. The lowest BCUT2D eigenvalue weighted by Gasteiger charge is -2.38. The summed E-state index contributed by atoms with van der Waals surface area (Å²) in [4.78, 5) is 82.4. The molecule has 0 unspecified atom stereocenters. The quantitative estimate of drug-likeness (QED) is 0.100. The van der Waals surface area contributed by atoms with Crippen LogP contribution in [0.2, 0.25) is 0 Å². The maximum atomic E-state index is 13.8. The molecule has 240 valence electrons. The number of ether oxygens (including phenoxy) is 1. The molecule has 1 aromatic carbocycles. The van der Waals surface area contributed by atoms with Crippen LogP contribution in [0.5, 0.6) is 0 Å². The molecule has 2 heterocycles. The predicted octanol–water partition coefficient (Wildman–Crippen LogP) is -1.64. The molecule has 8 N–H and O–H groups in total. The summed E-state index contributed by atoms with van der Waals surface area (Å²) in [5, 5.41) is 23.0. The third kappa shape index (κ3) is 10.0. The molecule has 0 bridgehead atoms. The standard InChI is InChI=1S/C29H41N7O8/c1-31-28(30)32-11-5-8-21-25(41)33-17-20(37)15-19(16-23(38)39)24(40)34-22(14-18-6-3-2-4-7-18)26(42)36-29(27(43)35-21)9-12-44-13-10-29/h2-4,6-7,19,21-22H,5,8-17H2,1H3,(H,33,41)(H,34,40)(H,35,43)(H,36,42)(H,38,39)(H3,30,31,32)/t19-,21-,22+/m0/s1. The lowest BCUT2D eigenvalue weighted by atomic mass is 9.87. The van der Waals surface area contributed by atoms with Crippen LogP contribution in [0.3, 0.4) is 0 Å². The highest BCUT2D eigenvalue weighted by Crippen LogP contribution is 2.23. The Balaban J connectivity index is 1.96. The van der Waals surface area contributed by atoms with Gasteiger partial charge in [0.15, 0.2) is 11.7 Å². The van der Waals surface area contributed by atoms with Crippen LogP contribution in [-0.4, -0.2) is 97.4 Å². The summed E-state index contributed by atoms with van der Waals surface area (Å²) in [6, 6.07) is 6.59. The van der Waals surface area contributed by atoms with Gasteiger partial charge in [-0.1, -0.05) is 30.3 Å². The highest BCUT2D eigenvalue weighted by molar-refractivity contribution is 5.99. The van der Waals surface area contributed by atoms with Crippen LogP contribution < -0.4 is 32.3 Å². The molecule has 3 rings (SSSR count). The zero-order chi connectivity index (χ0) is 32.1. The van der Waals surface area contributed by atoms with E-state index in [1.807, 2.05) is 0 Å². The number of nitrogens with one attached hydrogen (secondary N) is 5. The van der Waals surface area contributed by atoms with Gasteiger partial charge in [0, 0.05) is 52.5 Å². The fourth-order valence-electron chi connectivity index (χ4n) is 5.09. The fourth-order valence-corrected chi connectivity index (χ4v) is 5.09. The summed E-state index contributed by atoms with van der Waals surface area (Å²) in [6.07, 6.45) is -0.327. The number of hydrogen-bond acceptors (Lipinski definition) is 8. The first-order valence-corrected chi connectivity index (χ1v) is 14.6. The molecular formula is C29H41N7O8. The van der Waals surface area contributed by atoms with Gasteiger partial charge < -0.3 is 42.2 Å². The average molecular weight is 616 g/mol. The Hall–Kier alpha value is -4.53. The molecule has 2 saturated heterocycles. The van der Waals surface area contributed by atoms with Crippen LogP contribution in [0.4, 0.5) is 0 Å². The van der Waals surface area contributed by atoms with E-state index in [-0.39, 0.29) is 44.9 Å². The number of nitrogens with two attached hydrogens (primary N) is 1. The first kappa shape index (κ1) is 34.0. The molecular weight excluding hydrogens is 574 g/mol. The van der Waals surface area contributed by atoms with Gasteiger partial charge in [-0.15, -0.1) is 0 Å². The van der Waals surface area contributed by atoms with Crippen molar-refractivity contribution in [1.82, 2.24) is 26.6 Å². The highest BCUT2D eigenvalue weighted by Gasteiger charge is 2.44. The van der Waals surface area contributed by atoms with Crippen LogP contribution in [0.1, 0.15) is 44.1 Å². The molecule has 4 amide bonds. The third-order valence-electron chi connectivity index (χ3n) is 7.62. The van der Waals surface area contributed by atoms with E-state index in [4.69, 9.17) is 10.5 Å². The van der Waals surface area contributed by atoms with Gasteiger partial charge in [0.05, 0.1) is 18.9 Å². The molecule has 0 saturated carbocycles. The summed E-state index contributed by atoms with van der Waals surface area (Å²) < 4.78 is 5.46. The summed E-state index contributed by atoms with van der Waals surface area (Å²) in [5.74, 6) is -5.70. The van der Waals surface area contributed by atoms with Gasteiger partial charge in [-0.2, -0.15) is 0 Å². The van der Waals surface area contributed by atoms with Crippen molar-refractivity contribution < 1.29 is 38.6 Å². The largest absolute Gasteiger partial charge is 0.481 e. The van der Waals surface area contributed by atoms with E-state index in [2.05, 4.69) is 31.6 Å². The van der Waals surface area contributed by atoms with Crippen molar-refractivity contribution >= 4 is 41.3 Å². The van der Waals surface area contributed by atoms with E-state index in [1.165, 1.54) is 7.05 Å². The maximum absolute atomic E-state index is 13.8. The lowest BCUT2D eigenvalue weighted by molar-refractivity contribution is -0.143. The molecule has 44 heavy (non-hydrogen) atoms. The number of Topliss-reactive ketones (excluding diaryl/α,β-unsaturated/α-hetero) is 1. The second-order valence-electron chi connectivity index (χ2n) is 10.9. The minimum absolute atomic E-state index is 0.0419. The molecule has 15 nitrogen and oxygen atoms in total. The lowest BCUT2D eigenvalue weighted by Crippen LogP contribution is -2.66. The van der Waals surface area contributed by atoms with Crippen molar-refractivity contribution in [2.75, 3.05) is 33.4 Å². The van der Waals surface area contributed by atoms with Gasteiger partial charge in [-0.25, -0.2) is 0 Å². The van der Waals surface area contributed by atoms with Crippen molar-refractivity contribution in [1.29, 1.82) is 0 Å². The van der Waals surface area contributed by atoms with Crippen molar-refractivity contribution in [2.45, 2.75) is 62.6 Å². The minimum atomic E-state index is -1.46. The Labute approximate surface area is 255 Å². The number of aliphatic imine (C=N–C) groups is 1. The molecule has 3 atom stereocenters. The average Bonchev–Trinajstić information content (AvgIpc) is 3.00. The Morgan fingerprint density at radius 3 is 2.41 bits per heavy atom. The maximum Gasteiger partial charge on any atom is 0.304 e. The van der Waals surface area contributed by atoms with Crippen LogP contribution in [0, 0.1) is 5.92 Å². The van der Waals surface area contributed by atoms with E-state index in [0.29, 0.717) is 18.5 Å². The van der Waals surface area contributed by atoms with Gasteiger partial charge in [0.1, 0.15) is 17.6 Å². The minimum Gasteiger partial charge on any atom is -0.481 e. The Morgan fingerprint density at radius 1 is 1.05 bits per heavy atom. The molecule has 15 heteroatoms. The molecule has 2 aliphatic heterocycles. The van der Waals surface area contributed by atoms with Crippen LogP contribution in [-0.2, 0) is 39.9 Å². The molecule has 0 aromatic heterocycles. The van der Waals surface area contributed by atoms with Crippen molar-refractivity contribution in [2.24, 2.45) is 16.6 Å². The smallest absolute Gasteiger partial charge is 0.304 e. The number of carboxylic acids is 1. The zero-order valence-electron chi connectivity index (χ0n) is 24.7. The first-order valence-electron chi connectivity index (χ1n) is 14.6. The first-order chi connectivity index (χ1) is 21.0. The van der Waals surface area contributed by atoms with Crippen LogP contribution in [0.15, 0.2) is 35.3 Å². The van der Waals surface area contributed by atoms with Crippen molar-refractivity contribution in [3.63, 3.8) is 0 Å². The number of amides is 4. The van der Waals surface area contributed by atoms with Gasteiger partial charge in [-0.3, -0.25) is 33.8 Å². The number of rotatable bonds is 8. The van der Waals surface area contributed by atoms with E-state index in [0.717, 1.165) is 0 Å². The number of carboxylic acid groups (broad SMARTS) is 1. The molecule has 2 fully saturated rings. The Kier molecular flexibility index (Phi) is 12.6. The molecule has 1 aromatic rings. The van der Waals surface area contributed by atoms with Crippen LogP contribution in [0.25, 0.3) is 0 Å². The monoisotopic (exact) mass is 615 g/mol. The third-order valence-corrected chi connectivity index (χ3v) is 7.62. The second-order valence-corrected chi connectivity index (χ2v) is 10.9. The van der Waals surface area contributed by atoms with Crippen molar-refractivity contribution in [3.05, 3.63) is 35.9 Å². The van der Waals surface area contributed by atoms with Gasteiger partial charge in [0.25, 0.3) is 0 Å². The molecule has 2 aliphatic rings. The Bertz CT molecular complexity index is 1230. The summed E-state index contributed by atoms with van der Waals surface area (Å²) in [7, 11) is 1.52. The number of aliphatic carboxylic acids is 1. The van der Waals surface area contributed by atoms with Gasteiger partial charge in [0.2, 0.25) is 23.6 Å². The number of benzene rings is 1. The van der Waals surface area contributed by atoms with Gasteiger partial charge in [-0.05, 0) is 18.4 Å². The zero-order valence-corrected chi connectivity index (χ0v) is 24.7. The van der Waals surface area contributed by atoms with E-state index in [1.54, 1.807) is 30.3 Å². The van der Waals surface area contributed by atoms with Gasteiger partial charge >= 0.3 is 5.97 Å². The normalized spacial score (nSPS) is 23.8. The predicted molar refractivity (Wildman–Crippen MR) is 158 cm³/mol. The number of carbonyl (C=O) groups is 6. The molecule has 1 spiro atoms.